The molecule has 1 heterocycles. The van der Waals surface area contributed by atoms with Crippen molar-refractivity contribution in [1.82, 2.24) is 10.3 Å². The van der Waals surface area contributed by atoms with Gasteiger partial charge in [0.25, 0.3) is 5.91 Å². The molecule has 1 fully saturated rings. The van der Waals surface area contributed by atoms with Crippen molar-refractivity contribution in [3.05, 3.63) is 53.2 Å². The molecule has 6 heteroatoms. The molecule has 1 aromatic carbocycles. The van der Waals surface area contributed by atoms with Crippen LogP contribution in [0, 0.1) is 19.8 Å². The summed E-state index contributed by atoms with van der Waals surface area (Å²) in [7, 11) is 0. The van der Waals surface area contributed by atoms with E-state index < -0.39 is 5.97 Å². The monoisotopic (exact) mass is 384 g/mol. The Bertz CT molecular complexity index is 849. The number of esters is 1. The van der Waals surface area contributed by atoms with Gasteiger partial charge in [-0.2, -0.15) is 0 Å². The van der Waals surface area contributed by atoms with Gasteiger partial charge in [0.2, 0.25) is 0 Å². The summed E-state index contributed by atoms with van der Waals surface area (Å²) in [6, 6.07) is 9.61. The van der Waals surface area contributed by atoms with Gasteiger partial charge in [-0.15, -0.1) is 0 Å². The van der Waals surface area contributed by atoms with Gasteiger partial charge in [-0.3, -0.25) is 4.79 Å². The van der Waals surface area contributed by atoms with Crippen LogP contribution in [0.1, 0.15) is 41.3 Å². The highest BCUT2D eigenvalue weighted by Gasteiger charge is 2.29. The Hall–Kier alpha value is -2.34. The summed E-state index contributed by atoms with van der Waals surface area (Å²) < 4.78 is 5.21. The lowest BCUT2D eigenvalue weighted by molar-refractivity contribution is -0.125. The summed E-state index contributed by atoms with van der Waals surface area (Å²) in [6.07, 6.45) is 3.94. The first-order valence-corrected chi connectivity index (χ1v) is 9.92. The Morgan fingerprint density at radius 1 is 1.26 bits per heavy atom. The highest BCUT2D eigenvalue weighted by atomic mass is 32.2. The minimum absolute atomic E-state index is 0.130. The number of aromatic nitrogens is 1. The molecule has 1 amide bonds. The SMILES string of the molecule is Cc1ccc(Sc2ncccc2C(=O)OCC(=O)N[C@@H](C)C2CC2)cc1C. The van der Waals surface area contributed by atoms with Crippen molar-refractivity contribution in [2.24, 2.45) is 5.92 Å². The Morgan fingerprint density at radius 3 is 2.74 bits per heavy atom. The first-order valence-electron chi connectivity index (χ1n) is 9.10. The standard InChI is InChI=1S/C21H24N2O3S/c1-13-6-9-17(11-14(13)2)27-20-18(5-4-10-22-20)21(25)26-12-19(24)23-15(3)16-7-8-16/h4-6,9-11,15-16H,7-8,12H2,1-3H3,(H,23,24)/t15-/m0/s1. The predicted octanol–water partition coefficient (Wildman–Crippen LogP) is 3.92. The van der Waals surface area contributed by atoms with E-state index >= 15 is 0 Å². The minimum Gasteiger partial charge on any atom is -0.452 e. The zero-order valence-corrected chi connectivity index (χ0v) is 16.6. The zero-order valence-electron chi connectivity index (χ0n) is 15.8. The first kappa shape index (κ1) is 19.4. The lowest BCUT2D eigenvalue weighted by Gasteiger charge is -2.13. The van der Waals surface area contributed by atoms with Crippen molar-refractivity contribution in [2.75, 3.05) is 6.61 Å². The molecule has 2 aromatic rings. The van der Waals surface area contributed by atoms with E-state index in [1.165, 1.54) is 22.9 Å². The van der Waals surface area contributed by atoms with Gasteiger partial charge in [-0.25, -0.2) is 9.78 Å². The van der Waals surface area contributed by atoms with Crippen LogP contribution in [0.3, 0.4) is 0 Å². The van der Waals surface area contributed by atoms with Gasteiger partial charge >= 0.3 is 5.97 Å². The van der Waals surface area contributed by atoms with Crippen LogP contribution in [0.15, 0.2) is 46.5 Å². The summed E-state index contributed by atoms with van der Waals surface area (Å²) in [5.74, 6) is -0.248. The molecule has 0 radical (unpaired) electrons. The summed E-state index contributed by atoms with van der Waals surface area (Å²) in [5, 5.41) is 3.44. The number of ether oxygens (including phenoxy) is 1. The third kappa shape index (κ3) is 5.32. The summed E-state index contributed by atoms with van der Waals surface area (Å²) >= 11 is 1.41. The fourth-order valence-corrected chi connectivity index (χ4v) is 3.70. The van der Waals surface area contributed by atoms with E-state index in [0.717, 1.165) is 17.7 Å². The number of amides is 1. The Labute approximate surface area is 163 Å². The second-order valence-electron chi connectivity index (χ2n) is 6.97. The Kier molecular flexibility index (Phi) is 6.16. The third-order valence-corrected chi connectivity index (χ3v) is 5.74. The van der Waals surface area contributed by atoms with Gasteiger partial charge in [0, 0.05) is 17.1 Å². The zero-order chi connectivity index (χ0) is 19.4. The predicted molar refractivity (Wildman–Crippen MR) is 105 cm³/mol. The number of aryl methyl sites for hydroxylation is 2. The van der Waals surface area contributed by atoms with Gasteiger partial charge in [0.15, 0.2) is 6.61 Å². The molecule has 0 unspecified atom stereocenters. The smallest absolute Gasteiger partial charge is 0.341 e. The molecule has 0 bridgehead atoms. The minimum atomic E-state index is -0.538. The molecule has 142 valence electrons. The molecular formula is C21H24N2O3S. The van der Waals surface area contributed by atoms with E-state index in [0.29, 0.717) is 16.5 Å². The lowest BCUT2D eigenvalue weighted by atomic mass is 10.1. The van der Waals surface area contributed by atoms with E-state index in [4.69, 9.17) is 4.74 Å². The molecule has 1 N–H and O–H groups in total. The molecule has 1 aliphatic rings. The largest absolute Gasteiger partial charge is 0.452 e. The average Bonchev–Trinajstić information content (AvgIpc) is 3.48. The van der Waals surface area contributed by atoms with Gasteiger partial charge in [0.1, 0.15) is 5.03 Å². The number of carbonyl (C=O) groups excluding carboxylic acids is 2. The van der Waals surface area contributed by atoms with E-state index in [9.17, 15) is 9.59 Å². The summed E-state index contributed by atoms with van der Waals surface area (Å²) in [6.45, 7) is 5.81. The van der Waals surface area contributed by atoms with Gasteiger partial charge < -0.3 is 10.1 Å². The van der Waals surface area contributed by atoms with Gasteiger partial charge in [0.05, 0.1) is 5.56 Å². The van der Waals surface area contributed by atoms with Crippen LogP contribution in [0.2, 0.25) is 0 Å². The maximum Gasteiger partial charge on any atom is 0.341 e. The summed E-state index contributed by atoms with van der Waals surface area (Å²) in [5.41, 5.74) is 2.76. The number of rotatable bonds is 7. The maximum atomic E-state index is 12.5. The molecule has 1 aromatic heterocycles. The van der Waals surface area contributed by atoms with Crippen molar-refractivity contribution in [3.63, 3.8) is 0 Å². The van der Waals surface area contributed by atoms with Crippen LogP contribution >= 0.6 is 11.8 Å². The van der Waals surface area contributed by atoms with Crippen molar-refractivity contribution in [1.29, 1.82) is 0 Å². The first-order chi connectivity index (χ1) is 12.9. The number of hydrogen-bond acceptors (Lipinski definition) is 5. The molecule has 1 aliphatic carbocycles. The summed E-state index contributed by atoms with van der Waals surface area (Å²) in [4.78, 5) is 29.7. The molecular weight excluding hydrogens is 360 g/mol. The Morgan fingerprint density at radius 2 is 2.04 bits per heavy atom. The molecule has 3 rings (SSSR count). The van der Waals surface area contributed by atoms with Crippen molar-refractivity contribution < 1.29 is 14.3 Å². The van der Waals surface area contributed by atoms with Crippen LogP contribution in [-0.2, 0) is 9.53 Å². The van der Waals surface area contributed by atoms with Crippen molar-refractivity contribution in [2.45, 2.75) is 49.6 Å². The van der Waals surface area contributed by atoms with E-state index in [2.05, 4.69) is 23.3 Å². The number of pyridine rings is 1. The highest BCUT2D eigenvalue weighted by Crippen LogP contribution is 2.32. The molecule has 1 atom stereocenters. The van der Waals surface area contributed by atoms with Crippen LogP contribution in [0.4, 0.5) is 0 Å². The maximum absolute atomic E-state index is 12.5. The van der Waals surface area contributed by atoms with E-state index in [1.54, 1.807) is 18.3 Å². The number of nitrogens with one attached hydrogen (secondary N) is 1. The number of carbonyl (C=O) groups is 2. The average molecular weight is 385 g/mol. The van der Waals surface area contributed by atoms with E-state index in [1.807, 2.05) is 26.0 Å². The molecule has 0 saturated heterocycles. The fraction of sp³-hybridized carbons (Fsp3) is 0.381. The van der Waals surface area contributed by atoms with Crippen LogP contribution < -0.4 is 5.32 Å². The lowest BCUT2D eigenvalue weighted by Crippen LogP contribution is -2.37. The topological polar surface area (TPSA) is 68.3 Å². The highest BCUT2D eigenvalue weighted by molar-refractivity contribution is 7.99. The van der Waals surface area contributed by atoms with Crippen LogP contribution in [-0.4, -0.2) is 29.5 Å². The normalized spacial score (nSPS) is 14.5. The molecule has 5 nitrogen and oxygen atoms in total. The number of nitrogens with zero attached hydrogens (tertiary/aromatic N) is 1. The molecule has 1 saturated carbocycles. The van der Waals surface area contributed by atoms with Gasteiger partial charge in [-0.1, -0.05) is 17.8 Å². The van der Waals surface area contributed by atoms with Crippen molar-refractivity contribution in [3.8, 4) is 0 Å². The quantitative estimate of drug-likeness (QED) is 0.733. The molecule has 0 spiro atoms. The molecule has 0 aliphatic heterocycles. The number of benzene rings is 1. The Balaban J connectivity index is 1.62. The second-order valence-corrected chi connectivity index (χ2v) is 8.04. The third-order valence-electron chi connectivity index (χ3n) is 4.74. The van der Waals surface area contributed by atoms with Crippen LogP contribution in [0.25, 0.3) is 0 Å². The molecule has 27 heavy (non-hydrogen) atoms. The van der Waals surface area contributed by atoms with Crippen molar-refractivity contribution >= 4 is 23.6 Å². The second kappa shape index (κ2) is 8.57. The fourth-order valence-electron chi connectivity index (χ4n) is 2.74. The van der Waals surface area contributed by atoms with Crippen LogP contribution in [0.5, 0.6) is 0 Å². The van der Waals surface area contributed by atoms with Gasteiger partial charge in [-0.05, 0) is 74.9 Å². The van der Waals surface area contributed by atoms with E-state index in [-0.39, 0.29) is 18.6 Å². The number of hydrogen-bond donors (Lipinski definition) is 1.